The van der Waals surface area contributed by atoms with E-state index in [1.165, 1.54) is 23.5 Å². The van der Waals surface area contributed by atoms with Gasteiger partial charge in [0.25, 0.3) is 0 Å². The predicted octanol–water partition coefficient (Wildman–Crippen LogP) is 2.32. The number of halogens is 1. The SMILES string of the molecule is CCc1cnc(CNS(=O)(=O)c2ccc(F)cc2)s1. The Labute approximate surface area is 115 Å². The molecule has 0 spiro atoms. The Hall–Kier alpha value is -1.31. The summed E-state index contributed by atoms with van der Waals surface area (Å²) in [6, 6.07) is 4.70. The Morgan fingerprint density at radius 2 is 2.00 bits per heavy atom. The first-order chi connectivity index (χ1) is 9.01. The molecule has 4 nitrogen and oxygen atoms in total. The lowest BCUT2D eigenvalue weighted by molar-refractivity contribution is 0.580. The molecule has 0 unspecified atom stereocenters. The van der Waals surface area contributed by atoms with Crippen molar-refractivity contribution >= 4 is 21.4 Å². The van der Waals surface area contributed by atoms with E-state index in [1.807, 2.05) is 6.92 Å². The van der Waals surface area contributed by atoms with Crippen molar-refractivity contribution in [1.82, 2.24) is 9.71 Å². The van der Waals surface area contributed by atoms with E-state index in [4.69, 9.17) is 0 Å². The number of aryl methyl sites for hydroxylation is 1. The van der Waals surface area contributed by atoms with Crippen LogP contribution in [0.5, 0.6) is 0 Å². The van der Waals surface area contributed by atoms with E-state index < -0.39 is 15.8 Å². The number of thiazole rings is 1. The van der Waals surface area contributed by atoms with E-state index in [2.05, 4.69) is 9.71 Å². The smallest absolute Gasteiger partial charge is 0.240 e. The Bertz CT molecular complexity index is 651. The standard InChI is InChI=1S/C12H13FN2O2S2/c1-2-10-7-14-12(18-10)8-15-19(16,17)11-5-3-9(13)4-6-11/h3-7,15H,2,8H2,1H3. The number of sulfonamides is 1. The van der Waals surface area contributed by atoms with Gasteiger partial charge in [-0.2, -0.15) is 0 Å². The molecule has 7 heteroatoms. The fourth-order valence-electron chi connectivity index (χ4n) is 1.45. The van der Waals surface area contributed by atoms with Crippen LogP contribution in [0.2, 0.25) is 0 Å². The van der Waals surface area contributed by atoms with Gasteiger partial charge in [-0.15, -0.1) is 11.3 Å². The van der Waals surface area contributed by atoms with Crippen molar-refractivity contribution in [3.05, 3.63) is 46.2 Å². The summed E-state index contributed by atoms with van der Waals surface area (Å²) < 4.78 is 39.1. The van der Waals surface area contributed by atoms with Crippen molar-refractivity contribution in [2.75, 3.05) is 0 Å². The molecule has 0 aliphatic heterocycles. The van der Waals surface area contributed by atoms with Gasteiger partial charge >= 0.3 is 0 Å². The normalized spacial score (nSPS) is 11.7. The van der Waals surface area contributed by atoms with Crippen molar-refractivity contribution < 1.29 is 12.8 Å². The first kappa shape index (κ1) is 14.1. The molecule has 1 aromatic heterocycles. The second-order valence-corrected chi connectivity index (χ2v) is 6.82. The Kier molecular flexibility index (Phi) is 4.28. The molecule has 1 heterocycles. The lowest BCUT2D eigenvalue weighted by Gasteiger charge is -2.04. The molecule has 0 atom stereocenters. The Morgan fingerprint density at radius 3 is 2.58 bits per heavy atom. The zero-order chi connectivity index (χ0) is 13.9. The molecule has 0 amide bonds. The molecule has 2 rings (SSSR count). The lowest BCUT2D eigenvalue weighted by Crippen LogP contribution is -2.23. The van der Waals surface area contributed by atoms with Crippen molar-refractivity contribution in [3.8, 4) is 0 Å². The molecule has 1 N–H and O–H groups in total. The maximum atomic E-state index is 12.7. The van der Waals surface area contributed by atoms with Crippen LogP contribution in [0.1, 0.15) is 16.8 Å². The molecule has 0 saturated heterocycles. The van der Waals surface area contributed by atoms with Gasteiger partial charge in [-0.05, 0) is 30.7 Å². The molecule has 0 saturated carbocycles. The van der Waals surface area contributed by atoms with Crippen LogP contribution in [0.25, 0.3) is 0 Å². The van der Waals surface area contributed by atoms with Crippen LogP contribution in [0.15, 0.2) is 35.4 Å². The quantitative estimate of drug-likeness (QED) is 0.922. The summed E-state index contributed by atoms with van der Waals surface area (Å²) in [6.07, 6.45) is 2.62. The highest BCUT2D eigenvalue weighted by Crippen LogP contribution is 2.15. The first-order valence-corrected chi connectivity index (χ1v) is 8.00. The van der Waals surface area contributed by atoms with E-state index in [1.54, 1.807) is 6.20 Å². The molecule has 0 aliphatic carbocycles. The summed E-state index contributed by atoms with van der Waals surface area (Å²) in [5.74, 6) is -0.466. The molecular weight excluding hydrogens is 287 g/mol. The van der Waals surface area contributed by atoms with Crippen LogP contribution < -0.4 is 4.72 Å². The Balaban J connectivity index is 2.07. The lowest BCUT2D eigenvalue weighted by atomic mass is 10.4. The maximum Gasteiger partial charge on any atom is 0.240 e. The zero-order valence-corrected chi connectivity index (χ0v) is 11.9. The second-order valence-electron chi connectivity index (χ2n) is 3.85. The minimum atomic E-state index is -3.62. The highest BCUT2D eigenvalue weighted by molar-refractivity contribution is 7.89. The number of hydrogen-bond acceptors (Lipinski definition) is 4. The van der Waals surface area contributed by atoms with Crippen molar-refractivity contribution in [3.63, 3.8) is 0 Å². The maximum absolute atomic E-state index is 12.7. The number of nitrogens with zero attached hydrogens (tertiary/aromatic N) is 1. The van der Waals surface area contributed by atoms with Gasteiger partial charge in [0.05, 0.1) is 11.4 Å². The topological polar surface area (TPSA) is 59.1 Å². The van der Waals surface area contributed by atoms with E-state index in [0.717, 1.165) is 23.4 Å². The molecule has 0 aliphatic rings. The van der Waals surface area contributed by atoms with Crippen molar-refractivity contribution in [2.24, 2.45) is 0 Å². The van der Waals surface area contributed by atoms with Crippen LogP contribution >= 0.6 is 11.3 Å². The van der Waals surface area contributed by atoms with Crippen LogP contribution in [-0.4, -0.2) is 13.4 Å². The van der Waals surface area contributed by atoms with Crippen LogP contribution in [0.3, 0.4) is 0 Å². The molecule has 0 fully saturated rings. The van der Waals surface area contributed by atoms with Gasteiger partial charge in [0.1, 0.15) is 10.8 Å². The zero-order valence-electron chi connectivity index (χ0n) is 10.3. The molecule has 2 aromatic rings. The molecular formula is C12H13FN2O2S2. The van der Waals surface area contributed by atoms with Gasteiger partial charge in [-0.25, -0.2) is 22.5 Å². The average Bonchev–Trinajstić information content (AvgIpc) is 2.85. The fourth-order valence-corrected chi connectivity index (χ4v) is 3.33. The second kappa shape index (κ2) is 5.77. The van der Waals surface area contributed by atoms with E-state index in [0.29, 0.717) is 5.01 Å². The van der Waals surface area contributed by atoms with Crippen molar-refractivity contribution in [2.45, 2.75) is 24.8 Å². The minimum absolute atomic E-state index is 0.0428. The summed E-state index contributed by atoms with van der Waals surface area (Å²) in [6.45, 7) is 2.16. The van der Waals surface area contributed by atoms with E-state index in [9.17, 15) is 12.8 Å². The molecule has 1 aromatic carbocycles. The summed E-state index contributed by atoms with van der Waals surface area (Å²) in [5, 5.41) is 0.711. The third kappa shape index (κ3) is 3.59. The van der Waals surface area contributed by atoms with E-state index in [-0.39, 0.29) is 11.4 Å². The van der Waals surface area contributed by atoms with Gasteiger partial charge in [0.15, 0.2) is 0 Å². The Morgan fingerprint density at radius 1 is 1.32 bits per heavy atom. The summed E-state index contributed by atoms with van der Waals surface area (Å²) in [5.41, 5.74) is 0. The largest absolute Gasteiger partial charge is 0.248 e. The van der Waals surface area contributed by atoms with Crippen LogP contribution in [0.4, 0.5) is 4.39 Å². The summed E-state index contributed by atoms with van der Waals surface area (Å²) >= 11 is 1.47. The number of rotatable bonds is 5. The van der Waals surface area contributed by atoms with Crippen LogP contribution in [0, 0.1) is 5.82 Å². The van der Waals surface area contributed by atoms with Crippen molar-refractivity contribution in [1.29, 1.82) is 0 Å². The molecule has 0 bridgehead atoms. The number of hydrogen-bond donors (Lipinski definition) is 1. The predicted molar refractivity (Wildman–Crippen MR) is 71.9 cm³/mol. The summed E-state index contributed by atoms with van der Waals surface area (Å²) in [4.78, 5) is 5.28. The minimum Gasteiger partial charge on any atom is -0.248 e. The molecule has 102 valence electrons. The molecule has 19 heavy (non-hydrogen) atoms. The van der Waals surface area contributed by atoms with Gasteiger partial charge in [-0.3, -0.25) is 0 Å². The van der Waals surface area contributed by atoms with Crippen LogP contribution in [-0.2, 0) is 23.0 Å². The fraction of sp³-hybridized carbons (Fsp3) is 0.250. The number of benzene rings is 1. The van der Waals surface area contributed by atoms with Gasteiger partial charge in [-0.1, -0.05) is 6.92 Å². The third-order valence-electron chi connectivity index (χ3n) is 2.49. The number of aromatic nitrogens is 1. The van der Waals surface area contributed by atoms with Gasteiger partial charge in [0, 0.05) is 11.1 Å². The monoisotopic (exact) mass is 300 g/mol. The average molecular weight is 300 g/mol. The van der Waals surface area contributed by atoms with E-state index >= 15 is 0 Å². The highest BCUT2D eigenvalue weighted by Gasteiger charge is 2.14. The highest BCUT2D eigenvalue weighted by atomic mass is 32.2. The summed E-state index contributed by atoms with van der Waals surface area (Å²) in [7, 11) is -3.62. The third-order valence-corrected chi connectivity index (χ3v) is 5.05. The molecule has 0 radical (unpaired) electrons. The first-order valence-electron chi connectivity index (χ1n) is 5.70. The van der Waals surface area contributed by atoms with Gasteiger partial charge < -0.3 is 0 Å². The van der Waals surface area contributed by atoms with Gasteiger partial charge in [0.2, 0.25) is 10.0 Å². The number of nitrogens with one attached hydrogen (secondary N) is 1.